The Balaban J connectivity index is 2.47. The van der Waals surface area contributed by atoms with Gasteiger partial charge in [-0.1, -0.05) is 12.1 Å². The van der Waals surface area contributed by atoms with Crippen molar-refractivity contribution in [3.8, 4) is 0 Å². The van der Waals surface area contributed by atoms with Gasteiger partial charge >= 0.3 is 0 Å². The molecule has 0 fully saturated rings. The molecular formula is C13H15FN4O2S. The van der Waals surface area contributed by atoms with E-state index < -0.39 is 15.8 Å². The van der Waals surface area contributed by atoms with Crippen molar-refractivity contribution in [3.05, 3.63) is 42.5 Å². The summed E-state index contributed by atoms with van der Waals surface area (Å²) in [5.41, 5.74) is -0.00214. The topological polar surface area (TPSA) is 75.2 Å². The largest absolute Gasteiger partial charge is 0.357 e. The van der Waals surface area contributed by atoms with Crippen LogP contribution in [0.3, 0.4) is 0 Å². The second-order valence-corrected chi connectivity index (χ2v) is 5.98. The highest BCUT2D eigenvalue weighted by Gasteiger charge is 2.26. The number of benzene rings is 1. The van der Waals surface area contributed by atoms with Crippen molar-refractivity contribution in [1.29, 1.82) is 0 Å². The minimum atomic E-state index is -3.91. The predicted molar refractivity (Wildman–Crippen MR) is 78.2 cm³/mol. The SMILES string of the molecule is CCN(c1ccccc1F)S(=O)(=O)c1cnc(NC)nc1. The summed E-state index contributed by atoms with van der Waals surface area (Å²) in [6, 6.07) is 5.72. The van der Waals surface area contributed by atoms with Gasteiger partial charge in [0.05, 0.1) is 18.1 Å². The number of nitrogens with one attached hydrogen (secondary N) is 1. The maximum absolute atomic E-state index is 13.8. The minimum Gasteiger partial charge on any atom is -0.357 e. The summed E-state index contributed by atoms with van der Waals surface area (Å²) in [6.45, 7) is 1.73. The Morgan fingerprint density at radius 2 is 1.86 bits per heavy atom. The molecule has 0 aliphatic carbocycles. The quantitative estimate of drug-likeness (QED) is 0.912. The zero-order chi connectivity index (χ0) is 15.5. The lowest BCUT2D eigenvalue weighted by atomic mass is 10.3. The highest BCUT2D eigenvalue weighted by Crippen LogP contribution is 2.25. The monoisotopic (exact) mass is 310 g/mol. The molecular weight excluding hydrogens is 295 g/mol. The van der Waals surface area contributed by atoms with Crippen LogP contribution in [0.2, 0.25) is 0 Å². The first-order valence-corrected chi connectivity index (χ1v) is 7.71. The Morgan fingerprint density at radius 3 is 2.38 bits per heavy atom. The van der Waals surface area contributed by atoms with E-state index in [0.29, 0.717) is 5.95 Å². The molecule has 0 unspecified atom stereocenters. The zero-order valence-corrected chi connectivity index (χ0v) is 12.4. The molecule has 0 saturated carbocycles. The van der Waals surface area contributed by atoms with Gasteiger partial charge in [-0.05, 0) is 19.1 Å². The smallest absolute Gasteiger partial charge is 0.267 e. The van der Waals surface area contributed by atoms with Crippen LogP contribution in [0, 0.1) is 5.82 Å². The van der Waals surface area contributed by atoms with Gasteiger partial charge in [-0.3, -0.25) is 4.31 Å². The molecule has 1 heterocycles. The van der Waals surface area contributed by atoms with Crippen LogP contribution in [0.5, 0.6) is 0 Å². The van der Waals surface area contributed by atoms with Crippen LogP contribution in [0.1, 0.15) is 6.92 Å². The standard InChI is InChI=1S/C13H15FN4O2S/c1-3-18(12-7-5-4-6-11(12)14)21(19,20)10-8-16-13(15-2)17-9-10/h4-9H,3H2,1-2H3,(H,15,16,17). The number of sulfonamides is 1. The van der Waals surface area contributed by atoms with Crippen LogP contribution in [0.4, 0.5) is 16.0 Å². The fraction of sp³-hybridized carbons (Fsp3) is 0.231. The molecule has 6 nitrogen and oxygen atoms in total. The van der Waals surface area contributed by atoms with E-state index in [9.17, 15) is 12.8 Å². The second kappa shape index (κ2) is 6.04. The third-order valence-electron chi connectivity index (χ3n) is 2.85. The van der Waals surface area contributed by atoms with Crippen LogP contribution in [0.25, 0.3) is 0 Å². The van der Waals surface area contributed by atoms with E-state index in [1.165, 1.54) is 30.6 Å². The highest BCUT2D eigenvalue weighted by atomic mass is 32.2. The minimum absolute atomic E-state index is 0.00214. The van der Waals surface area contributed by atoms with Crippen molar-refractivity contribution in [2.24, 2.45) is 0 Å². The van der Waals surface area contributed by atoms with Crippen LogP contribution in [-0.4, -0.2) is 32.0 Å². The third kappa shape index (κ3) is 2.94. The van der Waals surface area contributed by atoms with E-state index >= 15 is 0 Å². The average Bonchev–Trinajstić information content (AvgIpc) is 2.50. The molecule has 1 aromatic heterocycles. The van der Waals surface area contributed by atoms with Gasteiger partial charge in [-0.25, -0.2) is 22.8 Å². The van der Waals surface area contributed by atoms with Gasteiger partial charge in [-0.15, -0.1) is 0 Å². The Labute approximate surface area is 122 Å². The number of hydrogen-bond acceptors (Lipinski definition) is 5. The number of anilines is 2. The van der Waals surface area contributed by atoms with Crippen molar-refractivity contribution in [2.45, 2.75) is 11.8 Å². The number of aromatic nitrogens is 2. The first kappa shape index (κ1) is 15.2. The molecule has 21 heavy (non-hydrogen) atoms. The van der Waals surface area contributed by atoms with Crippen molar-refractivity contribution in [1.82, 2.24) is 9.97 Å². The Hall–Kier alpha value is -2.22. The highest BCUT2D eigenvalue weighted by molar-refractivity contribution is 7.92. The number of hydrogen-bond donors (Lipinski definition) is 1. The summed E-state index contributed by atoms with van der Waals surface area (Å²) < 4.78 is 40.0. The molecule has 0 atom stereocenters. The average molecular weight is 310 g/mol. The molecule has 0 radical (unpaired) electrons. The summed E-state index contributed by atoms with van der Waals surface area (Å²) in [5.74, 6) is -0.293. The normalized spacial score (nSPS) is 11.2. The Bertz CT molecular complexity index is 719. The van der Waals surface area contributed by atoms with Gasteiger partial charge in [0.25, 0.3) is 10.0 Å². The van der Waals surface area contributed by atoms with Gasteiger partial charge in [0, 0.05) is 13.6 Å². The lowest BCUT2D eigenvalue weighted by Crippen LogP contribution is -2.31. The van der Waals surface area contributed by atoms with Gasteiger partial charge < -0.3 is 5.32 Å². The number of nitrogens with zero attached hydrogens (tertiary/aromatic N) is 3. The zero-order valence-electron chi connectivity index (χ0n) is 11.6. The lowest BCUT2D eigenvalue weighted by molar-refractivity contribution is 0.585. The molecule has 2 rings (SSSR count). The molecule has 0 amide bonds. The predicted octanol–water partition coefficient (Wildman–Crippen LogP) is 1.87. The molecule has 112 valence electrons. The van der Waals surface area contributed by atoms with Crippen LogP contribution in [0.15, 0.2) is 41.6 Å². The second-order valence-electron chi connectivity index (χ2n) is 4.11. The number of para-hydroxylation sites is 1. The van der Waals surface area contributed by atoms with Crippen molar-refractivity contribution in [3.63, 3.8) is 0 Å². The molecule has 0 aliphatic rings. The van der Waals surface area contributed by atoms with E-state index in [1.807, 2.05) is 0 Å². The van der Waals surface area contributed by atoms with E-state index in [-0.39, 0.29) is 17.1 Å². The summed E-state index contributed by atoms with van der Waals surface area (Å²) in [5, 5.41) is 2.70. The molecule has 0 bridgehead atoms. The summed E-state index contributed by atoms with van der Waals surface area (Å²) in [6.07, 6.45) is 2.38. The summed E-state index contributed by atoms with van der Waals surface area (Å²) >= 11 is 0. The van der Waals surface area contributed by atoms with Gasteiger partial charge in [0.2, 0.25) is 5.95 Å². The summed E-state index contributed by atoms with van der Waals surface area (Å²) in [4.78, 5) is 7.66. The fourth-order valence-corrected chi connectivity index (χ4v) is 3.20. The van der Waals surface area contributed by atoms with E-state index in [4.69, 9.17) is 0 Å². The first-order valence-electron chi connectivity index (χ1n) is 6.27. The first-order chi connectivity index (χ1) is 10.0. The van der Waals surface area contributed by atoms with Crippen LogP contribution in [-0.2, 0) is 10.0 Å². The molecule has 2 aromatic rings. The third-order valence-corrected chi connectivity index (χ3v) is 4.69. The Morgan fingerprint density at radius 1 is 1.24 bits per heavy atom. The van der Waals surface area contributed by atoms with Gasteiger partial charge in [-0.2, -0.15) is 0 Å². The van der Waals surface area contributed by atoms with E-state index in [0.717, 1.165) is 4.31 Å². The maximum Gasteiger partial charge on any atom is 0.267 e. The lowest BCUT2D eigenvalue weighted by Gasteiger charge is -2.22. The van der Waals surface area contributed by atoms with E-state index in [2.05, 4.69) is 15.3 Å². The molecule has 1 aromatic carbocycles. The fourth-order valence-electron chi connectivity index (χ4n) is 1.83. The Kier molecular flexibility index (Phi) is 4.37. The molecule has 8 heteroatoms. The van der Waals surface area contributed by atoms with E-state index in [1.54, 1.807) is 20.0 Å². The molecule has 0 saturated heterocycles. The van der Waals surface area contributed by atoms with Crippen LogP contribution >= 0.6 is 0 Å². The number of halogens is 1. The summed E-state index contributed by atoms with van der Waals surface area (Å²) in [7, 11) is -2.28. The van der Waals surface area contributed by atoms with Gasteiger partial charge in [0.15, 0.2) is 0 Å². The van der Waals surface area contributed by atoms with Crippen LogP contribution < -0.4 is 9.62 Å². The number of rotatable bonds is 5. The van der Waals surface area contributed by atoms with Crippen molar-refractivity contribution >= 4 is 21.7 Å². The van der Waals surface area contributed by atoms with Gasteiger partial charge in [0.1, 0.15) is 10.7 Å². The molecule has 0 aliphatic heterocycles. The van der Waals surface area contributed by atoms with Crippen molar-refractivity contribution in [2.75, 3.05) is 23.2 Å². The maximum atomic E-state index is 13.8. The molecule has 0 spiro atoms. The molecule has 1 N–H and O–H groups in total. The van der Waals surface area contributed by atoms with Crippen molar-refractivity contribution < 1.29 is 12.8 Å².